The van der Waals surface area contributed by atoms with Crippen molar-refractivity contribution in [1.29, 1.82) is 0 Å². The van der Waals surface area contributed by atoms with Crippen LogP contribution in [-0.4, -0.2) is 82.3 Å². The SMILES string of the molecule is CCOC(=O)N1CC=C(c2cccn3nc(Nc4ccc(C(=O)N(C)C5CCCNC5)cc4)nc23)CC1. The minimum absolute atomic E-state index is 0.0259. The number of nitrogens with zero attached hydrogens (tertiary/aromatic N) is 5. The van der Waals surface area contributed by atoms with Crippen LogP contribution in [0.15, 0.2) is 48.7 Å². The Balaban J connectivity index is 1.28. The van der Waals surface area contributed by atoms with E-state index in [0.717, 1.165) is 54.8 Å². The summed E-state index contributed by atoms with van der Waals surface area (Å²) in [5.41, 5.74) is 4.33. The number of rotatable bonds is 6. The van der Waals surface area contributed by atoms with Crippen molar-refractivity contribution in [3.05, 3.63) is 59.8 Å². The highest BCUT2D eigenvalue weighted by Crippen LogP contribution is 2.27. The third-order valence-corrected chi connectivity index (χ3v) is 6.97. The summed E-state index contributed by atoms with van der Waals surface area (Å²) < 4.78 is 6.86. The third kappa shape index (κ3) is 5.43. The van der Waals surface area contributed by atoms with Crippen LogP contribution in [-0.2, 0) is 4.74 Å². The van der Waals surface area contributed by atoms with E-state index in [0.29, 0.717) is 31.2 Å². The average molecular weight is 504 g/mol. The molecular weight excluding hydrogens is 470 g/mol. The number of fused-ring (bicyclic) bond motifs is 1. The van der Waals surface area contributed by atoms with E-state index in [1.807, 2.05) is 67.5 Å². The maximum absolute atomic E-state index is 12.9. The Bertz CT molecular complexity index is 1300. The molecular formula is C27H33N7O3. The first-order chi connectivity index (χ1) is 18.0. The highest BCUT2D eigenvalue weighted by atomic mass is 16.6. The second kappa shape index (κ2) is 11.0. The van der Waals surface area contributed by atoms with Gasteiger partial charge in [-0.05, 0) is 74.7 Å². The van der Waals surface area contributed by atoms with E-state index < -0.39 is 0 Å². The Labute approximate surface area is 216 Å². The number of ether oxygens (including phenoxy) is 1. The molecule has 1 unspecified atom stereocenters. The molecule has 5 rings (SSSR count). The van der Waals surface area contributed by atoms with E-state index in [9.17, 15) is 9.59 Å². The first-order valence-corrected chi connectivity index (χ1v) is 12.8. The molecule has 4 heterocycles. The number of aromatic nitrogens is 3. The highest BCUT2D eigenvalue weighted by Gasteiger charge is 2.23. The maximum Gasteiger partial charge on any atom is 0.410 e. The number of nitrogens with one attached hydrogen (secondary N) is 2. The van der Waals surface area contributed by atoms with Gasteiger partial charge in [-0.2, -0.15) is 4.98 Å². The van der Waals surface area contributed by atoms with Crippen LogP contribution in [0.5, 0.6) is 0 Å². The monoisotopic (exact) mass is 503 g/mol. The highest BCUT2D eigenvalue weighted by molar-refractivity contribution is 5.94. The number of hydrogen-bond acceptors (Lipinski definition) is 7. The molecule has 2 N–H and O–H groups in total. The lowest BCUT2D eigenvalue weighted by Gasteiger charge is -2.31. The van der Waals surface area contributed by atoms with Gasteiger partial charge >= 0.3 is 6.09 Å². The zero-order valence-corrected chi connectivity index (χ0v) is 21.3. The number of carbonyl (C=O) groups excluding carboxylic acids is 2. The fourth-order valence-electron chi connectivity index (χ4n) is 4.86. The van der Waals surface area contributed by atoms with E-state index in [1.54, 1.807) is 9.42 Å². The first kappa shape index (κ1) is 24.8. The maximum atomic E-state index is 12.9. The van der Waals surface area contributed by atoms with Crippen LogP contribution in [0.2, 0.25) is 0 Å². The van der Waals surface area contributed by atoms with Gasteiger partial charge < -0.3 is 25.2 Å². The number of amides is 2. The summed E-state index contributed by atoms with van der Waals surface area (Å²) in [4.78, 5) is 33.2. The number of benzene rings is 1. The zero-order valence-electron chi connectivity index (χ0n) is 21.3. The summed E-state index contributed by atoms with van der Waals surface area (Å²) in [6, 6.07) is 11.6. The standard InChI is InChI=1S/C27H33N7O3/c1-3-37-27(36)33-16-12-19(13-17-33)23-7-5-15-34-24(23)30-26(31-34)29-21-10-8-20(9-11-21)25(35)32(2)22-6-4-14-28-18-22/h5,7-12,15,22,28H,3-4,6,13-14,16-18H2,1-2H3,(H,29,31). The van der Waals surface area contributed by atoms with Gasteiger partial charge in [0.1, 0.15) is 0 Å². The molecule has 10 nitrogen and oxygen atoms in total. The minimum atomic E-state index is -0.282. The van der Waals surface area contributed by atoms with Crippen molar-refractivity contribution in [3.8, 4) is 0 Å². The zero-order chi connectivity index (χ0) is 25.8. The Morgan fingerprint density at radius 2 is 2.08 bits per heavy atom. The molecule has 2 aromatic heterocycles. The second-order valence-corrected chi connectivity index (χ2v) is 9.37. The Morgan fingerprint density at radius 1 is 1.24 bits per heavy atom. The van der Waals surface area contributed by atoms with Crippen molar-refractivity contribution in [1.82, 2.24) is 29.7 Å². The number of anilines is 2. The molecule has 2 aliphatic heterocycles. The van der Waals surface area contributed by atoms with Crippen LogP contribution in [0, 0.1) is 0 Å². The van der Waals surface area contributed by atoms with Crippen molar-refractivity contribution < 1.29 is 14.3 Å². The fraction of sp³-hybridized carbons (Fsp3) is 0.407. The molecule has 1 saturated heterocycles. The molecule has 0 spiro atoms. The van der Waals surface area contributed by atoms with Crippen LogP contribution >= 0.6 is 0 Å². The van der Waals surface area contributed by atoms with Crippen molar-refractivity contribution >= 4 is 34.9 Å². The molecule has 2 amide bonds. The largest absolute Gasteiger partial charge is 0.450 e. The van der Waals surface area contributed by atoms with E-state index >= 15 is 0 Å². The third-order valence-electron chi connectivity index (χ3n) is 6.97. The van der Waals surface area contributed by atoms with Crippen LogP contribution in [0.1, 0.15) is 42.1 Å². The predicted octanol–water partition coefficient (Wildman–Crippen LogP) is 3.54. The second-order valence-electron chi connectivity index (χ2n) is 9.37. The molecule has 3 aromatic rings. The fourth-order valence-corrected chi connectivity index (χ4v) is 4.86. The van der Waals surface area contributed by atoms with Crippen molar-refractivity contribution in [2.75, 3.05) is 45.2 Å². The van der Waals surface area contributed by atoms with Gasteiger partial charge in [-0.3, -0.25) is 4.79 Å². The summed E-state index contributed by atoms with van der Waals surface area (Å²) in [5.74, 6) is 0.500. The van der Waals surface area contributed by atoms with Gasteiger partial charge in [0, 0.05) is 55.7 Å². The number of pyridine rings is 1. The smallest absolute Gasteiger partial charge is 0.410 e. The summed E-state index contributed by atoms with van der Waals surface area (Å²) in [6.45, 7) is 5.14. The number of likely N-dealkylation sites (N-methyl/N-ethyl adjacent to an activating group) is 1. The summed E-state index contributed by atoms with van der Waals surface area (Å²) in [7, 11) is 1.88. The topological polar surface area (TPSA) is 104 Å². The van der Waals surface area contributed by atoms with Gasteiger partial charge in [0.05, 0.1) is 6.61 Å². The molecule has 1 aromatic carbocycles. The summed E-state index contributed by atoms with van der Waals surface area (Å²) >= 11 is 0. The number of piperidine rings is 1. The minimum Gasteiger partial charge on any atom is -0.450 e. The molecule has 194 valence electrons. The van der Waals surface area contributed by atoms with Gasteiger partial charge in [0.2, 0.25) is 5.95 Å². The van der Waals surface area contributed by atoms with Gasteiger partial charge in [0.25, 0.3) is 5.91 Å². The van der Waals surface area contributed by atoms with Crippen LogP contribution in [0.25, 0.3) is 11.2 Å². The van der Waals surface area contributed by atoms with Crippen LogP contribution in [0.3, 0.4) is 0 Å². The van der Waals surface area contributed by atoms with Crippen molar-refractivity contribution in [2.24, 2.45) is 0 Å². The molecule has 0 bridgehead atoms. The number of hydrogen-bond donors (Lipinski definition) is 2. The van der Waals surface area contributed by atoms with Crippen molar-refractivity contribution in [2.45, 2.75) is 32.2 Å². The molecule has 2 aliphatic rings. The van der Waals surface area contributed by atoms with E-state index in [1.165, 1.54) is 0 Å². The van der Waals surface area contributed by atoms with Gasteiger partial charge in [0.15, 0.2) is 5.65 Å². The molecule has 0 saturated carbocycles. The van der Waals surface area contributed by atoms with Crippen LogP contribution < -0.4 is 10.6 Å². The molecule has 0 aliphatic carbocycles. The van der Waals surface area contributed by atoms with E-state index in [-0.39, 0.29) is 18.0 Å². The quantitative estimate of drug-likeness (QED) is 0.530. The van der Waals surface area contributed by atoms with Crippen LogP contribution in [0.4, 0.5) is 16.4 Å². The van der Waals surface area contributed by atoms with Crippen molar-refractivity contribution in [3.63, 3.8) is 0 Å². The predicted molar refractivity (Wildman–Crippen MR) is 142 cm³/mol. The van der Waals surface area contributed by atoms with Gasteiger partial charge in [-0.1, -0.05) is 6.08 Å². The first-order valence-electron chi connectivity index (χ1n) is 12.8. The molecule has 10 heteroatoms. The Morgan fingerprint density at radius 3 is 2.78 bits per heavy atom. The normalized spacial score (nSPS) is 17.8. The molecule has 37 heavy (non-hydrogen) atoms. The van der Waals surface area contributed by atoms with Gasteiger partial charge in [-0.25, -0.2) is 9.31 Å². The summed E-state index contributed by atoms with van der Waals surface area (Å²) in [6.07, 6.45) is 6.46. The average Bonchev–Trinajstić information content (AvgIpc) is 3.36. The van der Waals surface area contributed by atoms with E-state index in [4.69, 9.17) is 9.72 Å². The van der Waals surface area contributed by atoms with E-state index in [2.05, 4.69) is 15.7 Å². The van der Waals surface area contributed by atoms with Gasteiger partial charge in [-0.15, -0.1) is 5.10 Å². The number of carbonyl (C=O) groups is 2. The lowest BCUT2D eigenvalue weighted by atomic mass is 10.0. The molecule has 1 atom stereocenters. The molecule has 0 radical (unpaired) electrons. The lowest BCUT2D eigenvalue weighted by molar-refractivity contribution is 0.0708. The summed E-state index contributed by atoms with van der Waals surface area (Å²) in [5, 5.41) is 11.2. The Kier molecular flexibility index (Phi) is 7.36. The lowest BCUT2D eigenvalue weighted by Crippen LogP contribution is -2.46. The molecule has 1 fully saturated rings. The Hall–Kier alpha value is -3.92.